The van der Waals surface area contributed by atoms with Crippen molar-refractivity contribution in [3.8, 4) is 0 Å². The molecule has 2 atom stereocenters. The molecule has 0 aliphatic rings. The summed E-state index contributed by atoms with van der Waals surface area (Å²) in [7, 11) is 1.31. The van der Waals surface area contributed by atoms with Crippen LogP contribution in [0, 0.1) is 5.92 Å². The molecule has 0 fully saturated rings. The molecule has 0 aromatic heterocycles. The molecular weight excluding hydrogens is 264 g/mol. The number of rotatable bonds is 14. The molecule has 0 radical (unpaired) electrons. The van der Waals surface area contributed by atoms with Crippen molar-refractivity contribution in [1.29, 1.82) is 0 Å². The Morgan fingerprint density at radius 3 is 1.76 bits per heavy atom. The van der Waals surface area contributed by atoms with Gasteiger partial charge in [0.05, 0.1) is 7.11 Å². The third-order valence-electron chi connectivity index (χ3n) is 4.34. The summed E-state index contributed by atoms with van der Waals surface area (Å²) in [6.07, 6.45) is 13.6. The second kappa shape index (κ2) is 14.4. The molecule has 3 heteroatoms. The molecule has 0 heterocycles. The fourth-order valence-electron chi connectivity index (χ4n) is 2.53. The third kappa shape index (κ3) is 12.9. The highest BCUT2D eigenvalue weighted by Gasteiger charge is 2.13. The number of hydrogen-bond acceptors (Lipinski definition) is 3. The van der Waals surface area contributed by atoms with Crippen molar-refractivity contribution >= 4 is 5.97 Å². The van der Waals surface area contributed by atoms with Gasteiger partial charge >= 0.3 is 5.97 Å². The van der Waals surface area contributed by atoms with Gasteiger partial charge in [0.25, 0.3) is 0 Å². The van der Waals surface area contributed by atoms with Crippen molar-refractivity contribution in [2.24, 2.45) is 5.92 Å². The Bertz CT molecular complexity index is 241. The highest BCUT2D eigenvalue weighted by molar-refractivity contribution is 5.74. The van der Waals surface area contributed by atoms with Gasteiger partial charge in [-0.1, -0.05) is 84.5 Å². The minimum absolute atomic E-state index is 0.507. The van der Waals surface area contributed by atoms with Gasteiger partial charge in [0.1, 0.15) is 0 Å². The lowest BCUT2D eigenvalue weighted by Gasteiger charge is -2.08. The summed E-state index contributed by atoms with van der Waals surface area (Å²) < 4.78 is 4.49. The second-order valence-electron chi connectivity index (χ2n) is 6.31. The predicted molar refractivity (Wildman–Crippen MR) is 88.3 cm³/mol. The average molecular weight is 300 g/mol. The van der Waals surface area contributed by atoms with Gasteiger partial charge in [-0.15, -0.1) is 0 Å². The maximum Gasteiger partial charge on any atom is 0.334 e. The highest BCUT2D eigenvalue weighted by atomic mass is 16.5. The molecule has 0 saturated heterocycles. The first-order chi connectivity index (χ1) is 10.1. The summed E-state index contributed by atoms with van der Waals surface area (Å²) >= 11 is 0. The third-order valence-corrected chi connectivity index (χ3v) is 4.34. The van der Waals surface area contributed by atoms with Gasteiger partial charge in [0, 0.05) is 0 Å². The van der Waals surface area contributed by atoms with Crippen molar-refractivity contribution < 1.29 is 14.6 Å². The van der Waals surface area contributed by atoms with E-state index < -0.39 is 12.1 Å². The number of ether oxygens (including phenoxy) is 1. The van der Waals surface area contributed by atoms with E-state index >= 15 is 0 Å². The van der Waals surface area contributed by atoms with Gasteiger partial charge in [-0.25, -0.2) is 4.79 Å². The molecule has 21 heavy (non-hydrogen) atoms. The Hall–Kier alpha value is -0.570. The number of methoxy groups -OCH3 is 1. The van der Waals surface area contributed by atoms with E-state index in [1.807, 2.05) is 0 Å². The predicted octanol–water partition coefficient (Wildman–Crippen LogP) is 4.86. The number of aliphatic hydroxyl groups excluding tert-OH is 1. The normalized spacial score (nSPS) is 13.9. The van der Waals surface area contributed by atoms with E-state index in [1.165, 1.54) is 64.9 Å². The quantitative estimate of drug-likeness (QED) is 0.368. The first kappa shape index (κ1) is 20.4. The zero-order valence-corrected chi connectivity index (χ0v) is 14.4. The molecule has 0 aromatic carbocycles. The van der Waals surface area contributed by atoms with E-state index in [0.29, 0.717) is 6.42 Å². The van der Waals surface area contributed by atoms with Gasteiger partial charge in [-0.2, -0.15) is 0 Å². The molecular formula is C18H36O3. The maximum absolute atomic E-state index is 11.0. The van der Waals surface area contributed by atoms with E-state index in [9.17, 15) is 9.90 Å². The largest absolute Gasteiger partial charge is 0.467 e. The Balaban J connectivity index is 3.17. The van der Waals surface area contributed by atoms with Crippen LogP contribution in [0.5, 0.6) is 0 Å². The zero-order chi connectivity index (χ0) is 15.9. The second-order valence-corrected chi connectivity index (χ2v) is 6.31. The molecule has 0 rings (SSSR count). The lowest BCUT2D eigenvalue weighted by molar-refractivity contribution is -0.150. The average Bonchev–Trinajstić information content (AvgIpc) is 2.50. The molecule has 0 aliphatic heterocycles. The van der Waals surface area contributed by atoms with Gasteiger partial charge in [-0.3, -0.25) is 0 Å². The standard InChI is InChI=1S/C18H36O3/c1-4-16(2)14-12-10-8-6-5-7-9-11-13-15-17(19)18(20)21-3/h16-17,19H,4-15H2,1-3H3. The van der Waals surface area contributed by atoms with Crippen molar-refractivity contribution in [2.45, 2.75) is 97.0 Å². The molecule has 0 aromatic rings. The smallest absolute Gasteiger partial charge is 0.334 e. The summed E-state index contributed by atoms with van der Waals surface area (Å²) in [6, 6.07) is 0. The Labute approximate surface area is 131 Å². The van der Waals surface area contributed by atoms with Crippen LogP contribution in [-0.2, 0) is 9.53 Å². The van der Waals surface area contributed by atoms with Crippen LogP contribution in [-0.4, -0.2) is 24.3 Å². The van der Waals surface area contributed by atoms with E-state index in [1.54, 1.807) is 0 Å². The Morgan fingerprint density at radius 1 is 0.905 bits per heavy atom. The van der Waals surface area contributed by atoms with Crippen LogP contribution in [0.2, 0.25) is 0 Å². The monoisotopic (exact) mass is 300 g/mol. The molecule has 0 spiro atoms. The first-order valence-corrected chi connectivity index (χ1v) is 8.87. The molecule has 0 saturated carbocycles. The van der Waals surface area contributed by atoms with Crippen LogP contribution in [0.3, 0.4) is 0 Å². The topological polar surface area (TPSA) is 46.5 Å². The fraction of sp³-hybridized carbons (Fsp3) is 0.944. The Morgan fingerprint density at radius 2 is 1.33 bits per heavy atom. The number of aliphatic hydroxyl groups is 1. The van der Waals surface area contributed by atoms with Crippen LogP contribution in [0.25, 0.3) is 0 Å². The van der Waals surface area contributed by atoms with Crippen LogP contribution in [0.15, 0.2) is 0 Å². The van der Waals surface area contributed by atoms with Crippen LogP contribution in [0.1, 0.15) is 90.9 Å². The lowest BCUT2D eigenvalue weighted by Crippen LogP contribution is -2.21. The fourth-order valence-corrected chi connectivity index (χ4v) is 2.53. The van der Waals surface area contributed by atoms with E-state index in [2.05, 4.69) is 18.6 Å². The maximum atomic E-state index is 11.0. The van der Waals surface area contributed by atoms with Crippen molar-refractivity contribution in [2.75, 3.05) is 7.11 Å². The van der Waals surface area contributed by atoms with E-state index in [-0.39, 0.29) is 0 Å². The summed E-state index contributed by atoms with van der Waals surface area (Å²) in [5, 5.41) is 9.42. The molecule has 0 amide bonds. The minimum Gasteiger partial charge on any atom is -0.467 e. The molecule has 0 aliphatic carbocycles. The SMILES string of the molecule is CCC(C)CCCCCCCCCCCC(O)C(=O)OC. The van der Waals surface area contributed by atoms with Crippen molar-refractivity contribution in [3.63, 3.8) is 0 Å². The lowest BCUT2D eigenvalue weighted by atomic mass is 9.99. The minimum atomic E-state index is -0.930. The van der Waals surface area contributed by atoms with Gasteiger partial charge in [0.2, 0.25) is 0 Å². The van der Waals surface area contributed by atoms with Gasteiger partial charge in [0.15, 0.2) is 6.10 Å². The van der Waals surface area contributed by atoms with Crippen LogP contribution < -0.4 is 0 Å². The number of carbonyl (C=O) groups is 1. The highest BCUT2D eigenvalue weighted by Crippen LogP contribution is 2.15. The summed E-state index contributed by atoms with van der Waals surface area (Å²) in [6.45, 7) is 4.62. The van der Waals surface area contributed by atoms with Crippen molar-refractivity contribution in [3.05, 3.63) is 0 Å². The molecule has 2 unspecified atom stereocenters. The number of hydrogen-bond donors (Lipinski definition) is 1. The summed E-state index contributed by atoms with van der Waals surface area (Å²) in [5.74, 6) is 0.387. The summed E-state index contributed by atoms with van der Waals surface area (Å²) in [5.41, 5.74) is 0. The van der Waals surface area contributed by atoms with E-state index in [0.717, 1.165) is 18.8 Å². The number of carbonyl (C=O) groups excluding carboxylic acids is 1. The number of esters is 1. The van der Waals surface area contributed by atoms with Gasteiger partial charge < -0.3 is 9.84 Å². The van der Waals surface area contributed by atoms with Crippen LogP contribution in [0.4, 0.5) is 0 Å². The molecule has 126 valence electrons. The summed E-state index contributed by atoms with van der Waals surface area (Å²) in [4.78, 5) is 11.0. The molecule has 3 nitrogen and oxygen atoms in total. The van der Waals surface area contributed by atoms with Gasteiger partial charge in [-0.05, 0) is 12.3 Å². The molecule has 1 N–H and O–H groups in total. The first-order valence-electron chi connectivity index (χ1n) is 8.87. The zero-order valence-electron chi connectivity index (χ0n) is 14.4. The Kier molecular flexibility index (Phi) is 14.0. The van der Waals surface area contributed by atoms with Crippen molar-refractivity contribution in [1.82, 2.24) is 0 Å². The molecule has 0 bridgehead atoms. The van der Waals surface area contributed by atoms with E-state index in [4.69, 9.17) is 0 Å². The number of unbranched alkanes of at least 4 members (excludes halogenated alkanes) is 8. The van der Waals surface area contributed by atoms with Crippen LogP contribution >= 0.6 is 0 Å².